The lowest BCUT2D eigenvalue weighted by Crippen LogP contribution is -2.24. The summed E-state index contributed by atoms with van der Waals surface area (Å²) in [4.78, 5) is 20.9. The third-order valence-corrected chi connectivity index (χ3v) is 4.84. The van der Waals surface area contributed by atoms with Crippen LogP contribution in [0.3, 0.4) is 0 Å². The summed E-state index contributed by atoms with van der Waals surface area (Å²) in [6, 6.07) is 14.9. The second-order valence-corrected chi connectivity index (χ2v) is 8.64. The molecule has 0 fully saturated rings. The van der Waals surface area contributed by atoms with Crippen LogP contribution in [0.4, 0.5) is 22.2 Å². The van der Waals surface area contributed by atoms with Crippen molar-refractivity contribution in [3.05, 3.63) is 54.2 Å². The molecule has 3 aromatic rings. The van der Waals surface area contributed by atoms with E-state index in [0.29, 0.717) is 36.7 Å². The summed E-state index contributed by atoms with van der Waals surface area (Å²) < 4.78 is 24.5. The first-order valence-corrected chi connectivity index (χ1v) is 11.3. The van der Waals surface area contributed by atoms with Gasteiger partial charge in [0.1, 0.15) is 5.82 Å². The van der Waals surface area contributed by atoms with Crippen molar-refractivity contribution >= 4 is 44.3 Å². The van der Waals surface area contributed by atoms with E-state index in [0.717, 1.165) is 17.0 Å². The third kappa shape index (κ3) is 6.68. The molecule has 0 saturated carbocycles. The Hall–Kier alpha value is -3.24. The molecule has 0 spiro atoms. The maximum atomic E-state index is 12.3. The lowest BCUT2D eigenvalue weighted by Gasteiger charge is -2.10. The van der Waals surface area contributed by atoms with Gasteiger partial charge in [-0.25, -0.2) is 22.9 Å². The number of urea groups is 1. The number of nitrogens with zero attached hydrogens (tertiary/aromatic N) is 2. The van der Waals surface area contributed by atoms with Gasteiger partial charge in [0.05, 0.1) is 6.26 Å². The summed E-state index contributed by atoms with van der Waals surface area (Å²) in [5.74, 6) is 0.716. The van der Waals surface area contributed by atoms with Crippen LogP contribution in [0.25, 0.3) is 10.8 Å². The van der Waals surface area contributed by atoms with Crippen LogP contribution < -0.4 is 20.7 Å². The van der Waals surface area contributed by atoms with Crippen molar-refractivity contribution in [3.63, 3.8) is 0 Å². The smallest absolute Gasteiger partial charge is 0.326 e. The minimum absolute atomic E-state index is 0.171. The van der Waals surface area contributed by atoms with E-state index in [1.54, 1.807) is 13.0 Å². The molecule has 1 heterocycles. The van der Waals surface area contributed by atoms with Crippen LogP contribution in [0, 0.1) is 6.92 Å². The number of fused-ring (bicyclic) bond motifs is 1. The molecule has 0 aliphatic heterocycles. The Bertz CT molecular complexity index is 1150. The van der Waals surface area contributed by atoms with Crippen molar-refractivity contribution in [2.24, 2.45) is 0 Å². The van der Waals surface area contributed by atoms with Gasteiger partial charge in [0.25, 0.3) is 0 Å². The Kier molecular flexibility index (Phi) is 6.80. The van der Waals surface area contributed by atoms with Crippen LogP contribution in [-0.4, -0.2) is 43.8 Å². The summed E-state index contributed by atoms with van der Waals surface area (Å²) in [7, 11) is -3.19. The molecule has 158 valence electrons. The number of carbonyl (C=O) groups is 1. The molecule has 10 heteroatoms. The molecule has 0 saturated heterocycles. The Morgan fingerprint density at radius 3 is 2.50 bits per heavy atom. The Morgan fingerprint density at radius 1 is 0.967 bits per heavy atom. The molecular weight excluding hydrogens is 404 g/mol. The molecule has 0 aliphatic carbocycles. The number of aryl methyl sites for hydroxylation is 1. The fourth-order valence-corrected chi connectivity index (χ4v) is 3.32. The second-order valence-electron chi connectivity index (χ2n) is 6.81. The SMILES string of the molecule is Cc1cc(NCCCNS(C)(=O)=O)nc(NC(=O)Nc2ccc3ccccc3c2)n1. The minimum Gasteiger partial charge on any atom is -0.370 e. The van der Waals surface area contributed by atoms with Gasteiger partial charge in [-0.3, -0.25) is 5.32 Å². The molecule has 0 bridgehead atoms. The molecule has 2 aromatic carbocycles. The second kappa shape index (κ2) is 9.51. The van der Waals surface area contributed by atoms with Crippen molar-refractivity contribution in [2.45, 2.75) is 13.3 Å². The quantitative estimate of drug-likeness (QED) is 0.409. The van der Waals surface area contributed by atoms with E-state index in [1.165, 1.54) is 0 Å². The van der Waals surface area contributed by atoms with Crippen molar-refractivity contribution in [1.29, 1.82) is 0 Å². The fourth-order valence-electron chi connectivity index (χ4n) is 2.81. The van der Waals surface area contributed by atoms with Crippen LogP contribution in [0.2, 0.25) is 0 Å². The first-order valence-electron chi connectivity index (χ1n) is 9.39. The number of amides is 2. The molecular formula is C20H24N6O3S. The van der Waals surface area contributed by atoms with Gasteiger partial charge in [-0.05, 0) is 36.2 Å². The summed E-state index contributed by atoms with van der Waals surface area (Å²) >= 11 is 0. The molecule has 0 aliphatic rings. The van der Waals surface area contributed by atoms with Crippen LogP contribution in [0.15, 0.2) is 48.5 Å². The number of hydrogen-bond acceptors (Lipinski definition) is 6. The van der Waals surface area contributed by atoms with Crippen molar-refractivity contribution < 1.29 is 13.2 Å². The Balaban J connectivity index is 1.56. The molecule has 30 heavy (non-hydrogen) atoms. The van der Waals surface area contributed by atoms with E-state index in [2.05, 4.69) is 30.6 Å². The lowest BCUT2D eigenvalue weighted by atomic mass is 10.1. The van der Waals surface area contributed by atoms with Crippen LogP contribution in [0.1, 0.15) is 12.1 Å². The van der Waals surface area contributed by atoms with E-state index in [-0.39, 0.29) is 5.95 Å². The van der Waals surface area contributed by atoms with Gasteiger partial charge in [-0.1, -0.05) is 30.3 Å². The van der Waals surface area contributed by atoms with E-state index in [9.17, 15) is 13.2 Å². The van der Waals surface area contributed by atoms with Gasteiger partial charge >= 0.3 is 6.03 Å². The molecule has 0 atom stereocenters. The van der Waals surface area contributed by atoms with Crippen molar-refractivity contribution in [2.75, 3.05) is 35.3 Å². The molecule has 0 radical (unpaired) electrons. The highest BCUT2D eigenvalue weighted by molar-refractivity contribution is 7.88. The summed E-state index contributed by atoms with van der Waals surface area (Å²) in [6.45, 7) is 2.64. The summed E-state index contributed by atoms with van der Waals surface area (Å²) in [6.07, 6.45) is 1.70. The molecule has 2 amide bonds. The molecule has 0 unspecified atom stereocenters. The number of nitrogens with one attached hydrogen (secondary N) is 4. The molecule has 4 N–H and O–H groups in total. The minimum atomic E-state index is -3.19. The Morgan fingerprint density at radius 2 is 1.73 bits per heavy atom. The summed E-state index contributed by atoms with van der Waals surface area (Å²) in [5.41, 5.74) is 1.35. The average Bonchev–Trinajstić information content (AvgIpc) is 2.66. The number of hydrogen-bond donors (Lipinski definition) is 4. The third-order valence-electron chi connectivity index (χ3n) is 4.11. The van der Waals surface area contributed by atoms with Gasteiger partial charge in [-0.15, -0.1) is 0 Å². The first-order chi connectivity index (χ1) is 14.3. The zero-order chi connectivity index (χ0) is 21.6. The maximum absolute atomic E-state index is 12.3. The van der Waals surface area contributed by atoms with E-state index >= 15 is 0 Å². The number of sulfonamides is 1. The lowest BCUT2D eigenvalue weighted by molar-refractivity contribution is 0.262. The van der Waals surface area contributed by atoms with Gasteiger partial charge in [-0.2, -0.15) is 4.98 Å². The predicted octanol–water partition coefficient (Wildman–Crippen LogP) is 2.93. The van der Waals surface area contributed by atoms with Crippen LogP contribution >= 0.6 is 0 Å². The van der Waals surface area contributed by atoms with Crippen LogP contribution in [0.5, 0.6) is 0 Å². The molecule has 3 rings (SSSR count). The van der Waals surface area contributed by atoms with Gasteiger partial charge in [0.2, 0.25) is 16.0 Å². The van der Waals surface area contributed by atoms with Crippen molar-refractivity contribution in [1.82, 2.24) is 14.7 Å². The maximum Gasteiger partial charge on any atom is 0.326 e. The number of aromatic nitrogens is 2. The number of carbonyl (C=O) groups excluding carboxylic acids is 1. The standard InChI is InChI=1S/C20H24N6O3S/c1-14-12-18(21-10-5-11-22-30(2,28)29)25-19(23-14)26-20(27)24-17-9-8-15-6-3-4-7-16(15)13-17/h3-4,6-9,12-13,22H,5,10-11H2,1-2H3,(H3,21,23,24,25,26,27). The van der Waals surface area contributed by atoms with E-state index in [1.807, 2.05) is 42.5 Å². The molecule has 1 aromatic heterocycles. The van der Waals surface area contributed by atoms with Crippen molar-refractivity contribution in [3.8, 4) is 0 Å². The van der Waals surface area contributed by atoms with Crippen LogP contribution in [-0.2, 0) is 10.0 Å². The highest BCUT2D eigenvalue weighted by Gasteiger charge is 2.08. The number of rotatable bonds is 8. The number of benzene rings is 2. The van der Waals surface area contributed by atoms with E-state index < -0.39 is 16.1 Å². The van der Waals surface area contributed by atoms with Gasteiger partial charge in [0, 0.05) is 30.5 Å². The number of anilines is 3. The van der Waals surface area contributed by atoms with E-state index in [4.69, 9.17) is 0 Å². The summed E-state index contributed by atoms with van der Waals surface area (Å²) in [5, 5.41) is 10.6. The van der Waals surface area contributed by atoms with Gasteiger partial charge in [0.15, 0.2) is 0 Å². The fraction of sp³-hybridized carbons (Fsp3) is 0.250. The Labute approximate surface area is 175 Å². The monoisotopic (exact) mass is 428 g/mol. The zero-order valence-corrected chi connectivity index (χ0v) is 17.6. The topological polar surface area (TPSA) is 125 Å². The highest BCUT2D eigenvalue weighted by Crippen LogP contribution is 2.19. The first kappa shape index (κ1) is 21.5. The average molecular weight is 429 g/mol. The zero-order valence-electron chi connectivity index (χ0n) is 16.8. The van der Waals surface area contributed by atoms with Gasteiger partial charge < -0.3 is 10.6 Å². The molecule has 9 nitrogen and oxygen atoms in total. The largest absolute Gasteiger partial charge is 0.370 e. The predicted molar refractivity (Wildman–Crippen MR) is 119 cm³/mol. The normalized spacial score (nSPS) is 11.3. The highest BCUT2D eigenvalue weighted by atomic mass is 32.2.